The molecule has 1 aliphatic heterocycles. The number of hydrogen-bond donors (Lipinski definition) is 0. The molecule has 6 heteroatoms. The molecule has 39 heavy (non-hydrogen) atoms. The van der Waals surface area contributed by atoms with Gasteiger partial charge >= 0.3 is 0 Å². The highest BCUT2D eigenvalue weighted by molar-refractivity contribution is 7.91. The summed E-state index contributed by atoms with van der Waals surface area (Å²) in [5.41, 5.74) is 0. The lowest BCUT2D eigenvalue weighted by atomic mass is 10.1. The SMILES string of the molecule is C=C[C@H]1OC(C)(C)O[C@H]1[C@@H](CO[P+](c1ccccc1)(c1ccccc1)c1ccccc1)O[Si](C)(C)C(C)(C)C. The number of rotatable bonds is 10. The lowest BCUT2D eigenvalue weighted by Crippen LogP contribution is -2.51. The molecule has 4 nitrogen and oxygen atoms in total. The summed E-state index contributed by atoms with van der Waals surface area (Å²) in [6.07, 6.45) is 0.855. The fourth-order valence-corrected chi connectivity index (χ4v) is 9.61. The van der Waals surface area contributed by atoms with Crippen LogP contribution in [0.25, 0.3) is 0 Å². The third-order valence-electron chi connectivity index (χ3n) is 7.81. The second-order valence-electron chi connectivity index (χ2n) is 12.1. The van der Waals surface area contributed by atoms with Crippen molar-refractivity contribution in [3.05, 3.63) is 104 Å². The Morgan fingerprint density at radius 2 is 1.28 bits per heavy atom. The van der Waals surface area contributed by atoms with Crippen LogP contribution < -0.4 is 15.9 Å². The van der Waals surface area contributed by atoms with Crippen LogP contribution in [0.2, 0.25) is 18.1 Å². The highest BCUT2D eigenvalue weighted by atomic mass is 31.2. The smallest absolute Gasteiger partial charge is 0.242 e. The lowest BCUT2D eigenvalue weighted by molar-refractivity contribution is -0.153. The van der Waals surface area contributed by atoms with E-state index < -0.39 is 21.6 Å². The Morgan fingerprint density at radius 1 is 0.846 bits per heavy atom. The number of hydrogen-bond acceptors (Lipinski definition) is 4. The molecule has 0 aliphatic carbocycles. The standard InChI is InChI=1S/C33H44O4PSi/c1-9-29-31(36-33(5,6)35-29)30(37-39(7,8)32(2,3)4)25-34-38(26-19-13-10-14-20-26,27-21-15-11-16-22-27)28-23-17-12-18-24-28/h9-24,29-31H,1,25H2,2-8H3/q+1/t29-,30-,31-/m1/s1. The van der Waals surface area contributed by atoms with Crippen LogP contribution in [0.3, 0.4) is 0 Å². The molecule has 1 heterocycles. The normalized spacial score (nSPS) is 20.5. The van der Waals surface area contributed by atoms with Crippen LogP contribution in [0.4, 0.5) is 0 Å². The van der Waals surface area contributed by atoms with E-state index in [0.717, 1.165) is 15.9 Å². The van der Waals surface area contributed by atoms with Crippen LogP contribution in [0, 0.1) is 0 Å². The minimum absolute atomic E-state index is 0.0222. The van der Waals surface area contributed by atoms with Crippen LogP contribution in [0.15, 0.2) is 104 Å². The van der Waals surface area contributed by atoms with E-state index >= 15 is 0 Å². The topological polar surface area (TPSA) is 36.9 Å². The van der Waals surface area contributed by atoms with E-state index in [9.17, 15) is 0 Å². The molecule has 0 saturated carbocycles. The van der Waals surface area contributed by atoms with Crippen LogP contribution >= 0.6 is 7.49 Å². The molecule has 0 N–H and O–H groups in total. The molecule has 3 aromatic carbocycles. The van der Waals surface area contributed by atoms with Gasteiger partial charge in [-0.3, -0.25) is 0 Å². The molecule has 0 unspecified atom stereocenters. The van der Waals surface area contributed by atoms with Crippen molar-refractivity contribution in [1.29, 1.82) is 0 Å². The van der Waals surface area contributed by atoms with E-state index in [-0.39, 0.29) is 23.4 Å². The quantitative estimate of drug-likeness (QED) is 0.151. The molecule has 4 rings (SSSR count). The Kier molecular flexibility index (Phi) is 9.02. The number of benzene rings is 3. The van der Waals surface area contributed by atoms with Gasteiger partial charge in [0.15, 0.2) is 14.1 Å². The average Bonchev–Trinajstić information content (AvgIpc) is 3.24. The van der Waals surface area contributed by atoms with Gasteiger partial charge in [-0.05, 0) is 68.4 Å². The van der Waals surface area contributed by atoms with Crippen molar-refractivity contribution in [1.82, 2.24) is 0 Å². The lowest BCUT2D eigenvalue weighted by Gasteiger charge is -2.41. The molecule has 1 aliphatic rings. The maximum atomic E-state index is 7.32. The molecule has 1 saturated heterocycles. The second kappa shape index (κ2) is 11.8. The van der Waals surface area contributed by atoms with Gasteiger partial charge in [-0.25, -0.2) is 4.52 Å². The highest BCUT2D eigenvalue weighted by Gasteiger charge is 2.52. The van der Waals surface area contributed by atoms with E-state index in [0.29, 0.717) is 6.61 Å². The van der Waals surface area contributed by atoms with Crippen LogP contribution in [-0.4, -0.2) is 39.0 Å². The van der Waals surface area contributed by atoms with E-state index in [2.05, 4.69) is 131 Å². The number of ether oxygens (including phenoxy) is 2. The predicted octanol–water partition coefficient (Wildman–Crippen LogP) is 7.01. The molecular weight excluding hydrogens is 519 g/mol. The van der Waals surface area contributed by atoms with Gasteiger partial charge in [0.05, 0.1) is 0 Å². The summed E-state index contributed by atoms with van der Waals surface area (Å²) in [5.74, 6) is -0.733. The Balaban J connectivity index is 1.83. The Morgan fingerprint density at radius 3 is 1.67 bits per heavy atom. The minimum Gasteiger partial charge on any atom is -0.409 e. The summed E-state index contributed by atoms with van der Waals surface area (Å²) in [7, 11) is -4.70. The molecule has 208 valence electrons. The third-order valence-corrected chi connectivity index (χ3v) is 15.9. The minimum atomic E-state index is -2.50. The van der Waals surface area contributed by atoms with Gasteiger partial charge in [-0.1, -0.05) is 81.4 Å². The largest absolute Gasteiger partial charge is 0.409 e. The van der Waals surface area contributed by atoms with Crippen molar-refractivity contribution in [3.8, 4) is 0 Å². The molecule has 0 amide bonds. The second-order valence-corrected chi connectivity index (χ2v) is 19.9. The maximum absolute atomic E-state index is 7.32. The zero-order valence-electron chi connectivity index (χ0n) is 24.5. The molecule has 0 bridgehead atoms. The summed E-state index contributed by atoms with van der Waals surface area (Å²) in [6.45, 7) is 19.6. The fourth-order valence-electron chi connectivity index (χ4n) is 4.81. The van der Waals surface area contributed by atoms with Crippen molar-refractivity contribution in [2.75, 3.05) is 6.61 Å². The maximum Gasteiger partial charge on any atom is 0.242 e. The Labute approximate surface area is 236 Å². The highest BCUT2D eigenvalue weighted by Crippen LogP contribution is 2.57. The fraction of sp³-hybridized carbons (Fsp3) is 0.394. The molecule has 3 aromatic rings. The summed E-state index contributed by atoms with van der Waals surface area (Å²) in [5, 5.41) is 3.52. The van der Waals surface area contributed by atoms with Gasteiger partial charge < -0.3 is 13.9 Å². The first-order valence-electron chi connectivity index (χ1n) is 13.8. The van der Waals surface area contributed by atoms with Gasteiger partial charge in [0, 0.05) is 0 Å². The van der Waals surface area contributed by atoms with Crippen LogP contribution in [0.1, 0.15) is 34.6 Å². The first-order valence-corrected chi connectivity index (χ1v) is 18.4. The zero-order valence-corrected chi connectivity index (χ0v) is 26.4. The van der Waals surface area contributed by atoms with E-state index in [1.165, 1.54) is 0 Å². The van der Waals surface area contributed by atoms with Crippen molar-refractivity contribution in [2.24, 2.45) is 0 Å². The van der Waals surface area contributed by atoms with Gasteiger partial charge in [-0.2, -0.15) is 0 Å². The van der Waals surface area contributed by atoms with E-state index in [1.54, 1.807) is 0 Å². The van der Waals surface area contributed by atoms with Crippen molar-refractivity contribution >= 4 is 31.7 Å². The van der Waals surface area contributed by atoms with Crippen LogP contribution in [0.5, 0.6) is 0 Å². The molecule has 0 radical (unpaired) electrons. The molecule has 0 spiro atoms. The first-order chi connectivity index (χ1) is 18.4. The Hall–Kier alpha value is -2.11. The van der Waals surface area contributed by atoms with Gasteiger partial charge in [0.25, 0.3) is 0 Å². The van der Waals surface area contributed by atoms with Crippen molar-refractivity contribution < 1.29 is 18.4 Å². The van der Waals surface area contributed by atoms with Crippen molar-refractivity contribution in [2.45, 2.75) is 76.8 Å². The predicted molar refractivity (Wildman–Crippen MR) is 167 cm³/mol. The third kappa shape index (κ3) is 6.46. The summed E-state index contributed by atoms with van der Waals surface area (Å²) >= 11 is 0. The average molecular weight is 564 g/mol. The summed E-state index contributed by atoms with van der Waals surface area (Å²) in [4.78, 5) is 0. The molecule has 1 fully saturated rings. The molecule has 3 atom stereocenters. The van der Waals surface area contributed by atoms with Gasteiger partial charge in [0.1, 0.15) is 40.8 Å². The van der Waals surface area contributed by atoms with Crippen molar-refractivity contribution in [3.63, 3.8) is 0 Å². The zero-order chi connectivity index (χ0) is 28.3. The van der Waals surface area contributed by atoms with Gasteiger partial charge in [-0.15, -0.1) is 6.58 Å². The van der Waals surface area contributed by atoms with E-state index in [4.69, 9.17) is 18.4 Å². The summed E-state index contributed by atoms with van der Waals surface area (Å²) < 4.78 is 27.1. The van der Waals surface area contributed by atoms with Crippen LogP contribution in [-0.2, 0) is 18.4 Å². The van der Waals surface area contributed by atoms with E-state index in [1.807, 2.05) is 19.9 Å². The van der Waals surface area contributed by atoms with Gasteiger partial charge in [0.2, 0.25) is 7.49 Å². The summed E-state index contributed by atoms with van der Waals surface area (Å²) in [6, 6.07) is 31.8. The first kappa shape index (κ1) is 29.9. The monoisotopic (exact) mass is 563 g/mol. The Bertz CT molecular complexity index is 1110. The molecule has 0 aromatic heterocycles. The molecular formula is C33H44O4PSi+.